The third kappa shape index (κ3) is 5.05. The average molecular weight is 588 g/mol. The van der Waals surface area contributed by atoms with Crippen LogP contribution in [0.2, 0.25) is 0 Å². The summed E-state index contributed by atoms with van der Waals surface area (Å²) in [4.78, 5) is 25.1. The molecular weight excluding hydrogens is 559 g/mol. The van der Waals surface area contributed by atoms with E-state index < -0.39 is 11.7 Å². The Bertz CT molecular complexity index is 1800. The Morgan fingerprint density at radius 2 is 2.00 bits per heavy atom. The zero-order valence-electron chi connectivity index (χ0n) is 23.6. The lowest BCUT2D eigenvalue weighted by atomic mass is 9.79. The van der Waals surface area contributed by atoms with Crippen LogP contribution in [-0.4, -0.2) is 56.7 Å². The van der Waals surface area contributed by atoms with Gasteiger partial charge in [-0.25, -0.2) is 0 Å². The number of aromatic nitrogens is 4. The van der Waals surface area contributed by atoms with E-state index in [-0.39, 0.29) is 29.5 Å². The van der Waals surface area contributed by atoms with Crippen LogP contribution in [0.25, 0.3) is 22.2 Å². The fourth-order valence-corrected chi connectivity index (χ4v) is 6.08. The number of nitrogens with zero attached hydrogens (tertiary/aromatic N) is 7. The second-order valence-electron chi connectivity index (χ2n) is 11.2. The van der Waals surface area contributed by atoms with Crippen LogP contribution < -0.4 is 9.64 Å². The van der Waals surface area contributed by atoms with Crippen LogP contribution in [0.3, 0.4) is 0 Å². The molecule has 43 heavy (non-hydrogen) atoms. The zero-order chi connectivity index (χ0) is 30.5. The molecule has 220 valence electrons. The number of fused-ring (bicyclic) bond motifs is 1. The van der Waals surface area contributed by atoms with E-state index in [1.165, 1.54) is 12.1 Å². The summed E-state index contributed by atoms with van der Waals surface area (Å²) >= 11 is 0. The molecule has 2 fully saturated rings. The van der Waals surface area contributed by atoms with Gasteiger partial charge in [-0.2, -0.15) is 33.5 Å². The lowest BCUT2D eigenvalue weighted by Gasteiger charge is -2.47. The molecule has 0 atom stereocenters. The molecule has 2 aromatic heterocycles. The number of aryl methyl sites for hydroxylation is 2. The van der Waals surface area contributed by atoms with E-state index in [0.29, 0.717) is 48.8 Å². The molecule has 0 unspecified atom stereocenters. The van der Waals surface area contributed by atoms with E-state index in [4.69, 9.17) is 4.74 Å². The molecule has 0 bridgehead atoms. The van der Waals surface area contributed by atoms with Crippen molar-refractivity contribution in [3.8, 4) is 23.3 Å². The summed E-state index contributed by atoms with van der Waals surface area (Å²) in [5, 5.41) is 15.7. The average Bonchev–Trinajstić information content (AvgIpc) is 3.59. The van der Waals surface area contributed by atoms with Crippen LogP contribution in [0.15, 0.2) is 55.3 Å². The number of likely N-dealkylation sites (tertiary alicyclic amines) is 1. The summed E-state index contributed by atoms with van der Waals surface area (Å²) in [5.41, 5.74) is 2.35. The normalized spacial score (nSPS) is 15.9. The molecule has 0 aliphatic carbocycles. The van der Waals surface area contributed by atoms with E-state index >= 15 is 0 Å². The largest absolute Gasteiger partial charge is 0.459 e. The first-order valence-corrected chi connectivity index (χ1v) is 13.7. The van der Waals surface area contributed by atoms with Crippen LogP contribution >= 0.6 is 0 Å². The molecule has 0 saturated carbocycles. The minimum absolute atomic E-state index is 0.0574. The lowest BCUT2D eigenvalue weighted by molar-refractivity contribution is -0.138. The van der Waals surface area contributed by atoms with Crippen molar-refractivity contribution in [3.63, 3.8) is 0 Å². The smallest absolute Gasteiger partial charge is 0.416 e. The second-order valence-corrected chi connectivity index (χ2v) is 11.2. The Hall–Kier alpha value is -4.92. The maximum absolute atomic E-state index is 13.3. The Labute approximate surface area is 245 Å². The first kappa shape index (κ1) is 28.2. The van der Waals surface area contributed by atoms with Gasteiger partial charge in [0.05, 0.1) is 23.0 Å². The number of amides is 1. The quantitative estimate of drug-likeness (QED) is 0.292. The van der Waals surface area contributed by atoms with Crippen molar-refractivity contribution in [2.45, 2.75) is 26.1 Å². The number of carbonyl (C=O) groups is 1. The topological polar surface area (TPSA) is 100 Å². The summed E-state index contributed by atoms with van der Waals surface area (Å²) in [7, 11) is 1.81. The van der Waals surface area contributed by atoms with Gasteiger partial charge in [-0.15, -0.1) is 0 Å². The van der Waals surface area contributed by atoms with Crippen LogP contribution in [0.4, 0.5) is 19.0 Å². The molecule has 0 N–H and O–H groups in total. The third-order valence-corrected chi connectivity index (χ3v) is 8.23. The van der Waals surface area contributed by atoms with Crippen molar-refractivity contribution in [1.82, 2.24) is 24.6 Å². The van der Waals surface area contributed by atoms with E-state index in [2.05, 4.69) is 27.7 Å². The van der Waals surface area contributed by atoms with Crippen molar-refractivity contribution >= 4 is 22.6 Å². The number of halogens is 3. The Kier molecular flexibility index (Phi) is 6.83. The highest BCUT2D eigenvalue weighted by Crippen LogP contribution is 2.43. The molecule has 2 aromatic carbocycles. The Balaban J connectivity index is 1.42. The van der Waals surface area contributed by atoms with Crippen molar-refractivity contribution in [3.05, 3.63) is 77.5 Å². The standard InChI is InChI=1S/C31H28F3N7O2/c1-4-24(42)41-17-30(18-41)10-11-40(16-30)28-23(13-35)26(25-19(2)8-9-21-14-36-39(3)27(21)25)37-29(38-28)43-15-20-6-5-7-22(12-20)31(32,33)34/h4-9,12,14H,1,10-11,15-18H2,2-3H3. The van der Waals surface area contributed by atoms with E-state index in [9.17, 15) is 23.2 Å². The maximum atomic E-state index is 13.3. The monoisotopic (exact) mass is 587 g/mol. The second kappa shape index (κ2) is 10.4. The number of hydrogen-bond acceptors (Lipinski definition) is 7. The fraction of sp³-hybridized carbons (Fsp3) is 0.323. The van der Waals surface area contributed by atoms with Gasteiger partial charge < -0.3 is 14.5 Å². The van der Waals surface area contributed by atoms with Crippen molar-refractivity contribution in [2.24, 2.45) is 12.5 Å². The van der Waals surface area contributed by atoms with Gasteiger partial charge in [-0.3, -0.25) is 9.48 Å². The van der Waals surface area contributed by atoms with Gasteiger partial charge >= 0.3 is 12.2 Å². The molecule has 2 aliphatic heterocycles. The molecular formula is C31H28F3N7O2. The van der Waals surface area contributed by atoms with Crippen LogP contribution in [0.1, 0.15) is 28.7 Å². The molecule has 4 heterocycles. The number of nitriles is 1. The Morgan fingerprint density at radius 3 is 2.72 bits per heavy atom. The summed E-state index contributed by atoms with van der Waals surface area (Å²) < 4.78 is 47.6. The SMILES string of the molecule is C=CC(=O)N1CC2(CCN(c3nc(OCc4cccc(C(F)(F)F)c4)nc(-c4c(C)ccc5cnn(C)c45)c3C#N)C2)C1. The predicted molar refractivity (Wildman–Crippen MR) is 153 cm³/mol. The van der Waals surface area contributed by atoms with Crippen LogP contribution in [0, 0.1) is 23.7 Å². The van der Waals surface area contributed by atoms with Gasteiger partial charge in [0.2, 0.25) is 5.91 Å². The van der Waals surface area contributed by atoms with Gasteiger partial charge in [0.1, 0.15) is 18.2 Å². The van der Waals surface area contributed by atoms with Crippen molar-refractivity contribution in [2.75, 3.05) is 31.1 Å². The van der Waals surface area contributed by atoms with E-state index in [0.717, 1.165) is 35.0 Å². The summed E-state index contributed by atoms with van der Waals surface area (Å²) in [6.07, 6.45) is -0.650. The van der Waals surface area contributed by atoms with Crippen molar-refractivity contribution < 1.29 is 22.7 Å². The summed E-state index contributed by atoms with van der Waals surface area (Å²) in [6, 6.07) is 11.0. The van der Waals surface area contributed by atoms with Crippen LogP contribution in [0.5, 0.6) is 6.01 Å². The number of rotatable bonds is 6. The van der Waals surface area contributed by atoms with E-state index in [1.54, 1.807) is 21.8 Å². The molecule has 2 aliphatic rings. The number of alkyl halides is 3. The number of ether oxygens (including phenoxy) is 1. The molecule has 12 heteroatoms. The minimum Gasteiger partial charge on any atom is -0.459 e. The Morgan fingerprint density at radius 1 is 1.21 bits per heavy atom. The minimum atomic E-state index is -4.49. The number of anilines is 1. The highest BCUT2D eigenvalue weighted by molar-refractivity contribution is 5.97. The number of benzene rings is 2. The fourth-order valence-electron chi connectivity index (χ4n) is 6.08. The first-order valence-electron chi connectivity index (χ1n) is 13.7. The summed E-state index contributed by atoms with van der Waals surface area (Å²) in [6.45, 7) is 7.62. The van der Waals surface area contributed by atoms with Gasteiger partial charge in [-0.1, -0.05) is 30.8 Å². The molecule has 9 nitrogen and oxygen atoms in total. The highest BCUT2D eigenvalue weighted by Gasteiger charge is 2.49. The van der Waals surface area contributed by atoms with Crippen molar-refractivity contribution in [1.29, 1.82) is 5.26 Å². The van der Waals surface area contributed by atoms with Crippen LogP contribution in [-0.2, 0) is 24.6 Å². The van der Waals surface area contributed by atoms with Gasteiger partial charge in [0.15, 0.2) is 5.82 Å². The van der Waals surface area contributed by atoms with Gasteiger partial charge in [0.25, 0.3) is 0 Å². The number of hydrogen-bond donors (Lipinski definition) is 0. The summed E-state index contributed by atoms with van der Waals surface area (Å²) in [5.74, 6) is 0.270. The van der Waals surface area contributed by atoms with Gasteiger partial charge in [-0.05, 0) is 42.7 Å². The zero-order valence-corrected chi connectivity index (χ0v) is 23.6. The first-order chi connectivity index (χ1) is 20.5. The molecule has 2 saturated heterocycles. The third-order valence-electron chi connectivity index (χ3n) is 8.23. The maximum Gasteiger partial charge on any atom is 0.416 e. The molecule has 6 rings (SSSR count). The number of carbonyl (C=O) groups excluding carboxylic acids is 1. The van der Waals surface area contributed by atoms with E-state index in [1.807, 2.05) is 31.0 Å². The highest BCUT2D eigenvalue weighted by atomic mass is 19.4. The molecule has 4 aromatic rings. The predicted octanol–water partition coefficient (Wildman–Crippen LogP) is 5.03. The molecule has 1 spiro atoms. The lowest BCUT2D eigenvalue weighted by Crippen LogP contribution is -2.59. The van der Waals surface area contributed by atoms with Gasteiger partial charge in [0, 0.05) is 49.6 Å². The molecule has 1 amide bonds. The molecule has 0 radical (unpaired) electrons.